The van der Waals surface area contributed by atoms with Crippen LogP contribution in [-0.2, 0) is 0 Å². The monoisotopic (exact) mass is 328 g/mol. The maximum Gasteiger partial charge on any atom is 0.253 e. The molecule has 2 aromatic heterocycles. The zero-order chi connectivity index (χ0) is 17.1. The molecule has 0 radical (unpaired) electrons. The molecule has 3 rings (SSSR count). The van der Waals surface area contributed by atoms with Gasteiger partial charge in [-0.3, -0.25) is 9.78 Å². The van der Waals surface area contributed by atoms with Gasteiger partial charge in [0, 0.05) is 12.4 Å². The largest absolute Gasteiger partial charge is 0.495 e. The standard InChI is InChI=1S/C17H20N4O3/c1-24-14-6-12(7-19-9-14)16(11-4-13(22)5-11)21-17(23)10-2-3-15(18)20-8-10/h2-3,6-9,11,13,16,22H,4-5H2,1H3,(H2,18,20)(H,21,23)/t11?,13?,16-/m0/s1. The minimum atomic E-state index is -0.314. The van der Waals surface area contributed by atoms with Gasteiger partial charge in [-0.1, -0.05) is 0 Å². The lowest BCUT2D eigenvalue weighted by Gasteiger charge is -2.38. The van der Waals surface area contributed by atoms with Gasteiger partial charge in [-0.2, -0.15) is 0 Å². The van der Waals surface area contributed by atoms with Crippen LogP contribution in [0.5, 0.6) is 5.75 Å². The number of nitrogens with zero attached hydrogens (tertiary/aromatic N) is 2. The molecule has 2 aromatic rings. The van der Waals surface area contributed by atoms with Crippen LogP contribution in [0, 0.1) is 5.92 Å². The lowest BCUT2D eigenvalue weighted by atomic mass is 9.75. The number of ether oxygens (including phenoxy) is 1. The highest BCUT2D eigenvalue weighted by Crippen LogP contribution is 2.38. The average molecular weight is 328 g/mol. The van der Waals surface area contributed by atoms with Crippen molar-refractivity contribution in [2.45, 2.75) is 25.0 Å². The van der Waals surface area contributed by atoms with E-state index < -0.39 is 0 Å². The summed E-state index contributed by atoms with van der Waals surface area (Å²) in [6.45, 7) is 0. The molecule has 0 bridgehead atoms. The number of nitrogens with two attached hydrogens (primary N) is 1. The van der Waals surface area contributed by atoms with Crippen LogP contribution in [0.2, 0.25) is 0 Å². The van der Waals surface area contributed by atoms with Crippen molar-refractivity contribution >= 4 is 11.7 Å². The van der Waals surface area contributed by atoms with Crippen molar-refractivity contribution in [1.29, 1.82) is 0 Å². The van der Waals surface area contributed by atoms with E-state index in [2.05, 4.69) is 15.3 Å². The molecular formula is C17H20N4O3. The second kappa shape index (κ2) is 6.84. The molecule has 1 saturated carbocycles. The zero-order valence-electron chi connectivity index (χ0n) is 13.3. The van der Waals surface area contributed by atoms with Gasteiger partial charge in [0.05, 0.1) is 31.0 Å². The highest BCUT2D eigenvalue weighted by atomic mass is 16.5. The van der Waals surface area contributed by atoms with Gasteiger partial charge in [-0.05, 0) is 42.5 Å². The number of hydrogen-bond acceptors (Lipinski definition) is 6. The molecule has 0 aromatic carbocycles. The quantitative estimate of drug-likeness (QED) is 0.763. The Hall–Kier alpha value is -2.67. The first-order chi connectivity index (χ1) is 11.6. The number of aliphatic hydroxyl groups is 1. The van der Waals surface area contributed by atoms with E-state index >= 15 is 0 Å². The molecule has 0 unspecified atom stereocenters. The number of amides is 1. The maximum atomic E-state index is 12.5. The second-order valence-electron chi connectivity index (χ2n) is 5.97. The van der Waals surface area contributed by atoms with Gasteiger partial charge in [0.25, 0.3) is 5.91 Å². The second-order valence-corrected chi connectivity index (χ2v) is 5.97. The molecule has 24 heavy (non-hydrogen) atoms. The Morgan fingerprint density at radius 3 is 2.79 bits per heavy atom. The van der Waals surface area contributed by atoms with Crippen LogP contribution in [0.4, 0.5) is 5.82 Å². The molecule has 1 fully saturated rings. The van der Waals surface area contributed by atoms with Gasteiger partial charge in [-0.25, -0.2) is 4.98 Å². The summed E-state index contributed by atoms with van der Waals surface area (Å²) >= 11 is 0. The summed E-state index contributed by atoms with van der Waals surface area (Å²) in [7, 11) is 1.57. The fraction of sp³-hybridized carbons (Fsp3) is 0.353. The number of carbonyl (C=O) groups is 1. The van der Waals surface area contributed by atoms with E-state index in [1.807, 2.05) is 6.07 Å². The summed E-state index contributed by atoms with van der Waals surface area (Å²) < 4.78 is 5.21. The first kappa shape index (κ1) is 16.2. The lowest BCUT2D eigenvalue weighted by molar-refractivity contribution is 0.0234. The fourth-order valence-electron chi connectivity index (χ4n) is 2.86. The Morgan fingerprint density at radius 2 is 2.17 bits per heavy atom. The number of aliphatic hydroxyl groups excluding tert-OH is 1. The number of methoxy groups -OCH3 is 1. The van der Waals surface area contributed by atoms with Crippen LogP contribution >= 0.6 is 0 Å². The number of hydrogen-bond donors (Lipinski definition) is 3. The van der Waals surface area contributed by atoms with E-state index in [0.717, 1.165) is 5.56 Å². The third-order valence-corrected chi connectivity index (χ3v) is 4.29. The number of carbonyl (C=O) groups excluding carboxylic acids is 1. The molecule has 7 nitrogen and oxygen atoms in total. The summed E-state index contributed by atoms with van der Waals surface area (Å²) in [5, 5.41) is 12.6. The number of pyridine rings is 2. The third kappa shape index (κ3) is 3.46. The molecule has 0 aliphatic heterocycles. The van der Waals surface area contributed by atoms with Crippen molar-refractivity contribution < 1.29 is 14.6 Å². The highest BCUT2D eigenvalue weighted by Gasteiger charge is 2.36. The van der Waals surface area contributed by atoms with E-state index in [0.29, 0.717) is 30.0 Å². The minimum absolute atomic E-state index is 0.152. The molecule has 1 atom stereocenters. The van der Waals surface area contributed by atoms with Gasteiger partial charge in [0.1, 0.15) is 11.6 Å². The zero-order valence-corrected chi connectivity index (χ0v) is 13.3. The predicted molar refractivity (Wildman–Crippen MR) is 88.4 cm³/mol. The summed E-state index contributed by atoms with van der Waals surface area (Å²) in [6.07, 6.45) is 5.73. The molecule has 4 N–H and O–H groups in total. The predicted octanol–water partition coefficient (Wildman–Crippen LogP) is 1.31. The van der Waals surface area contributed by atoms with Crippen molar-refractivity contribution in [2.75, 3.05) is 12.8 Å². The van der Waals surface area contributed by atoms with Gasteiger partial charge in [0.2, 0.25) is 0 Å². The summed E-state index contributed by atoms with van der Waals surface area (Å²) in [6, 6.07) is 4.82. The molecule has 7 heteroatoms. The van der Waals surface area contributed by atoms with Gasteiger partial charge in [0.15, 0.2) is 0 Å². The van der Waals surface area contributed by atoms with E-state index in [1.165, 1.54) is 6.20 Å². The molecule has 126 valence electrons. The topological polar surface area (TPSA) is 110 Å². The smallest absolute Gasteiger partial charge is 0.253 e. The molecule has 1 amide bonds. The number of anilines is 1. The van der Waals surface area contributed by atoms with E-state index in [1.54, 1.807) is 31.6 Å². The highest BCUT2D eigenvalue weighted by molar-refractivity contribution is 5.94. The van der Waals surface area contributed by atoms with E-state index in [4.69, 9.17) is 10.5 Å². The Kier molecular flexibility index (Phi) is 4.61. The fourth-order valence-corrected chi connectivity index (χ4v) is 2.86. The average Bonchev–Trinajstić information content (AvgIpc) is 2.57. The normalized spacial score (nSPS) is 20.8. The van der Waals surface area contributed by atoms with E-state index in [-0.39, 0.29) is 24.0 Å². The molecule has 0 spiro atoms. The molecule has 1 aliphatic carbocycles. The van der Waals surface area contributed by atoms with Crippen LogP contribution in [0.1, 0.15) is 34.8 Å². The Labute approximate surface area is 139 Å². The van der Waals surface area contributed by atoms with Crippen molar-refractivity contribution in [3.05, 3.63) is 47.9 Å². The first-order valence-corrected chi connectivity index (χ1v) is 7.76. The lowest BCUT2D eigenvalue weighted by Crippen LogP contribution is -2.41. The van der Waals surface area contributed by atoms with Gasteiger partial charge >= 0.3 is 0 Å². The molecule has 1 aliphatic rings. The van der Waals surface area contributed by atoms with Crippen molar-refractivity contribution in [2.24, 2.45) is 5.92 Å². The van der Waals surface area contributed by atoms with Gasteiger partial charge in [-0.15, -0.1) is 0 Å². The van der Waals surface area contributed by atoms with Crippen LogP contribution in [0.25, 0.3) is 0 Å². The van der Waals surface area contributed by atoms with Crippen molar-refractivity contribution in [1.82, 2.24) is 15.3 Å². The van der Waals surface area contributed by atoms with Gasteiger partial charge < -0.3 is 20.9 Å². The molecule has 2 heterocycles. The van der Waals surface area contributed by atoms with Crippen LogP contribution in [0.3, 0.4) is 0 Å². The number of rotatable bonds is 5. The summed E-state index contributed by atoms with van der Waals surface area (Å²) in [4.78, 5) is 20.6. The van der Waals surface area contributed by atoms with E-state index in [9.17, 15) is 9.90 Å². The van der Waals surface area contributed by atoms with Crippen LogP contribution in [0.15, 0.2) is 36.8 Å². The minimum Gasteiger partial charge on any atom is -0.495 e. The Bertz CT molecular complexity index is 714. The number of aromatic nitrogens is 2. The number of nitrogen functional groups attached to an aromatic ring is 1. The van der Waals surface area contributed by atoms with Crippen LogP contribution in [-0.4, -0.2) is 34.2 Å². The molecule has 0 saturated heterocycles. The van der Waals surface area contributed by atoms with Crippen LogP contribution < -0.4 is 15.8 Å². The number of nitrogens with one attached hydrogen (secondary N) is 1. The summed E-state index contributed by atoms with van der Waals surface area (Å²) in [5.41, 5.74) is 6.84. The Balaban J connectivity index is 1.82. The SMILES string of the molecule is COc1cncc([C@@H](NC(=O)c2ccc(N)nc2)C2CC(O)C2)c1. The third-order valence-electron chi connectivity index (χ3n) is 4.29. The van der Waals surface area contributed by atoms with Crippen molar-refractivity contribution in [3.8, 4) is 5.75 Å². The summed E-state index contributed by atoms with van der Waals surface area (Å²) in [5.74, 6) is 0.902. The maximum absolute atomic E-state index is 12.5. The molecular weight excluding hydrogens is 308 g/mol. The Morgan fingerprint density at radius 1 is 1.38 bits per heavy atom. The van der Waals surface area contributed by atoms with Crippen molar-refractivity contribution in [3.63, 3.8) is 0 Å². The first-order valence-electron chi connectivity index (χ1n) is 7.76.